The molecule has 0 spiro atoms. The summed E-state index contributed by atoms with van der Waals surface area (Å²) >= 11 is 18.1. The van der Waals surface area contributed by atoms with E-state index in [-0.39, 0.29) is 27.8 Å². The first kappa shape index (κ1) is 32.4. The number of carbonyl (C=O) groups excluding carboxylic acids is 1. The molecule has 0 saturated carbocycles. The molecule has 0 amide bonds. The molecular formula is C32H23Cl3O6S2. The molecule has 6 nitrogen and oxygen atoms in total. The van der Waals surface area contributed by atoms with Crippen molar-refractivity contribution < 1.29 is 27.6 Å². The van der Waals surface area contributed by atoms with Gasteiger partial charge < -0.3 is 14.4 Å². The molecular weight excluding hydrogens is 651 g/mol. The molecule has 5 aromatic carbocycles. The first-order chi connectivity index (χ1) is 20.5. The minimum absolute atomic E-state index is 0.215. The van der Waals surface area contributed by atoms with Gasteiger partial charge in [0.25, 0.3) is 0 Å². The van der Waals surface area contributed by atoms with E-state index in [2.05, 4.69) is 36.4 Å². The number of phenols is 1. The van der Waals surface area contributed by atoms with Crippen molar-refractivity contribution in [1.82, 2.24) is 0 Å². The van der Waals surface area contributed by atoms with Crippen LogP contribution in [0.4, 0.5) is 0 Å². The lowest BCUT2D eigenvalue weighted by atomic mass is 10.0. The molecule has 0 heterocycles. The Bertz CT molecular complexity index is 1710. The first-order valence-corrected chi connectivity index (χ1v) is 16.2. The summed E-state index contributed by atoms with van der Waals surface area (Å²) in [5, 5.41) is 12.1. The standard InChI is InChI=1S/C18H12Cl3S.C14H12O6S/c19-13-1-7-16(8-2-13)22(17-9-3-14(20)4-10-17)18-11-5-15(21)6-12-18;1-20-12-8-11(15)10(7-13(12)21(17,18)19)14(16)9-5-3-2-4-6-9/h1-12H;2-8,15H,1H3,(H,17,18,19)/q+1;/p-1. The van der Waals surface area contributed by atoms with Crippen LogP contribution < -0.4 is 4.74 Å². The number of carbonyl (C=O) groups is 1. The summed E-state index contributed by atoms with van der Waals surface area (Å²) in [7, 11) is -3.90. The Morgan fingerprint density at radius 1 is 0.721 bits per heavy atom. The SMILES string of the molecule is COc1cc(O)c(C(=O)c2ccccc2)cc1S(=O)(=O)[O-].Clc1ccc([S+](c2ccc(Cl)cc2)c2ccc(Cl)cc2)cc1. The molecule has 5 aromatic rings. The largest absolute Gasteiger partial charge is 0.744 e. The Hall–Kier alpha value is -3.50. The second-order valence-electron chi connectivity index (χ2n) is 8.84. The Kier molecular flexibility index (Phi) is 10.8. The lowest BCUT2D eigenvalue weighted by molar-refractivity contribution is 0.103. The molecule has 11 heteroatoms. The average molecular weight is 674 g/mol. The van der Waals surface area contributed by atoms with E-state index in [1.54, 1.807) is 18.2 Å². The van der Waals surface area contributed by atoms with Crippen LogP contribution >= 0.6 is 34.8 Å². The van der Waals surface area contributed by atoms with Crippen LogP contribution in [0.5, 0.6) is 11.5 Å². The van der Waals surface area contributed by atoms with Crippen molar-refractivity contribution in [1.29, 1.82) is 0 Å². The highest BCUT2D eigenvalue weighted by Gasteiger charge is 2.28. The van der Waals surface area contributed by atoms with Crippen LogP contribution in [0.25, 0.3) is 0 Å². The molecule has 0 radical (unpaired) electrons. The molecule has 0 aliphatic heterocycles. The highest BCUT2D eigenvalue weighted by molar-refractivity contribution is 7.97. The van der Waals surface area contributed by atoms with E-state index >= 15 is 0 Å². The summed E-state index contributed by atoms with van der Waals surface area (Å²) < 4.78 is 38.4. The zero-order valence-corrected chi connectivity index (χ0v) is 26.3. The third-order valence-corrected chi connectivity index (χ3v) is 9.82. The van der Waals surface area contributed by atoms with Crippen LogP contribution in [0, 0.1) is 0 Å². The van der Waals surface area contributed by atoms with E-state index in [1.165, 1.54) is 26.8 Å². The maximum atomic E-state index is 12.2. The van der Waals surface area contributed by atoms with Gasteiger partial charge in [0.05, 0.1) is 28.5 Å². The highest BCUT2D eigenvalue weighted by Crippen LogP contribution is 2.34. The average Bonchev–Trinajstić information content (AvgIpc) is 3.00. The fourth-order valence-electron chi connectivity index (χ4n) is 3.95. The zero-order chi connectivity index (χ0) is 31.1. The smallest absolute Gasteiger partial charge is 0.196 e. The van der Waals surface area contributed by atoms with Crippen molar-refractivity contribution in [3.05, 3.63) is 141 Å². The van der Waals surface area contributed by atoms with Crippen molar-refractivity contribution in [2.45, 2.75) is 19.6 Å². The van der Waals surface area contributed by atoms with Crippen molar-refractivity contribution >= 4 is 61.6 Å². The van der Waals surface area contributed by atoms with E-state index in [1.807, 2.05) is 36.4 Å². The van der Waals surface area contributed by atoms with E-state index in [0.29, 0.717) is 0 Å². The predicted molar refractivity (Wildman–Crippen MR) is 169 cm³/mol. The number of ketones is 1. The highest BCUT2D eigenvalue weighted by atomic mass is 35.5. The molecule has 0 bridgehead atoms. The van der Waals surface area contributed by atoms with Gasteiger partial charge in [0.2, 0.25) is 0 Å². The number of halogens is 3. The molecule has 43 heavy (non-hydrogen) atoms. The molecule has 0 atom stereocenters. The van der Waals surface area contributed by atoms with E-state index in [0.717, 1.165) is 34.3 Å². The van der Waals surface area contributed by atoms with Gasteiger partial charge in [-0.15, -0.1) is 0 Å². The quantitative estimate of drug-likeness (QED) is 0.106. The summed E-state index contributed by atoms with van der Waals surface area (Å²) in [6.45, 7) is 0. The van der Waals surface area contributed by atoms with Gasteiger partial charge in [-0.05, 0) is 78.9 Å². The fraction of sp³-hybridized carbons (Fsp3) is 0.0312. The maximum absolute atomic E-state index is 12.2. The topological polar surface area (TPSA) is 104 Å². The summed E-state index contributed by atoms with van der Waals surface area (Å²) in [6, 6.07) is 33.6. The van der Waals surface area contributed by atoms with Crippen LogP contribution in [0.1, 0.15) is 15.9 Å². The normalized spacial score (nSPS) is 11.0. The zero-order valence-electron chi connectivity index (χ0n) is 22.4. The van der Waals surface area contributed by atoms with Gasteiger partial charge in [-0.3, -0.25) is 4.79 Å². The lowest BCUT2D eigenvalue weighted by Crippen LogP contribution is -2.07. The van der Waals surface area contributed by atoms with Gasteiger partial charge in [-0.2, -0.15) is 0 Å². The molecule has 5 rings (SSSR count). The Balaban J connectivity index is 0.000000197. The Labute approximate surface area is 267 Å². The second kappa shape index (κ2) is 14.3. The second-order valence-corrected chi connectivity index (χ2v) is 13.5. The summed E-state index contributed by atoms with van der Waals surface area (Å²) in [4.78, 5) is 15.2. The van der Waals surface area contributed by atoms with Crippen molar-refractivity contribution in [3.63, 3.8) is 0 Å². The molecule has 0 fully saturated rings. The number of benzene rings is 5. The van der Waals surface area contributed by atoms with Gasteiger partial charge in [-0.25, -0.2) is 8.42 Å². The van der Waals surface area contributed by atoms with Crippen molar-refractivity contribution in [3.8, 4) is 11.5 Å². The maximum Gasteiger partial charge on any atom is 0.196 e. The predicted octanol–water partition coefficient (Wildman–Crippen LogP) is 8.28. The number of ether oxygens (including phenoxy) is 1. The van der Waals surface area contributed by atoms with Crippen molar-refractivity contribution in [2.24, 2.45) is 0 Å². The summed E-state index contributed by atoms with van der Waals surface area (Å²) in [5.74, 6) is -1.37. The van der Waals surface area contributed by atoms with Crippen molar-refractivity contribution in [2.75, 3.05) is 7.11 Å². The summed E-state index contributed by atoms with van der Waals surface area (Å²) in [5.41, 5.74) is -0.0244. The van der Waals surface area contributed by atoms with Crippen LogP contribution in [0.2, 0.25) is 15.1 Å². The molecule has 220 valence electrons. The van der Waals surface area contributed by atoms with Gasteiger partial charge >= 0.3 is 0 Å². The van der Waals surface area contributed by atoms with Gasteiger partial charge in [0, 0.05) is 26.7 Å². The molecule has 0 unspecified atom stereocenters. The van der Waals surface area contributed by atoms with E-state index < -0.39 is 26.5 Å². The molecule has 0 aliphatic rings. The van der Waals surface area contributed by atoms with E-state index in [9.17, 15) is 22.9 Å². The first-order valence-electron chi connectivity index (χ1n) is 12.5. The number of rotatable bonds is 7. The molecule has 0 saturated heterocycles. The molecule has 0 aromatic heterocycles. The van der Waals surface area contributed by atoms with Gasteiger partial charge in [0.15, 0.2) is 20.5 Å². The minimum atomic E-state index is -4.84. The summed E-state index contributed by atoms with van der Waals surface area (Å²) in [6.07, 6.45) is 0. The number of hydrogen-bond acceptors (Lipinski definition) is 6. The minimum Gasteiger partial charge on any atom is -0.744 e. The van der Waals surface area contributed by atoms with E-state index in [4.69, 9.17) is 39.5 Å². The van der Waals surface area contributed by atoms with Gasteiger partial charge in [0.1, 0.15) is 21.6 Å². The number of phenolic OH excluding ortho intramolecular Hbond substituents is 1. The third kappa shape index (κ3) is 8.32. The molecule has 0 aliphatic carbocycles. The number of methoxy groups -OCH3 is 1. The van der Waals surface area contributed by atoms with Crippen LogP contribution in [-0.4, -0.2) is 31.0 Å². The third-order valence-electron chi connectivity index (χ3n) is 5.98. The number of aromatic hydroxyl groups is 1. The van der Waals surface area contributed by atoms with Crippen LogP contribution in [0.3, 0.4) is 0 Å². The van der Waals surface area contributed by atoms with Crippen LogP contribution in [-0.2, 0) is 21.0 Å². The van der Waals surface area contributed by atoms with Gasteiger partial charge in [-0.1, -0.05) is 65.1 Å². The Morgan fingerprint density at radius 3 is 1.51 bits per heavy atom. The Morgan fingerprint density at radius 2 is 1.14 bits per heavy atom. The lowest BCUT2D eigenvalue weighted by Gasteiger charge is -2.14. The fourth-order valence-corrected chi connectivity index (χ4v) is 7.02. The number of hydrogen-bond donors (Lipinski definition) is 1. The monoisotopic (exact) mass is 672 g/mol. The molecule has 1 N–H and O–H groups in total. The van der Waals surface area contributed by atoms with Crippen LogP contribution in [0.15, 0.2) is 135 Å².